The number of halogens is 3. The zero-order valence-corrected chi connectivity index (χ0v) is 17.1. The number of esters is 1. The lowest BCUT2D eigenvalue weighted by Crippen LogP contribution is -2.09. The van der Waals surface area contributed by atoms with Crippen LogP contribution in [0.3, 0.4) is 0 Å². The highest BCUT2D eigenvalue weighted by molar-refractivity contribution is 6.06. The van der Waals surface area contributed by atoms with Crippen molar-refractivity contribution in [3.05, 3.63) is 59.2 Å². The number of alkyl halides is 3. The Bertz CT molecular complexity index is 1090. The van der Waals surface area contributed by atoms with Crippen LogP contribution in [-0.2, 0) is 10.9 Å². The summed E-state index contributed by atoms with van der Waals surface area (Å²) in [5.74, 6) is 0.306. The van der Waals surface area contributed by atoms with Crippen molar-refractivity contribution in [2.75, 3.05) is 13.7 Å². The molecule has 7 heteroatoms. The molecule has 1 heterocycles. The zero-order chi connectivity index (χ0) is 22.1. The molecule has 0 bridgehead atoms. The first-order valence-corrected chi connectivity index (χ1v) is 9.45. The molecule has 0 radical (unpaired) electrons. The number of rotatable bonds is 5. The van der Waals surface area contributed by atoms with Gasteiger partial charge in [-0.15, -0.1) is 0 Å². The summed E-state index contributed by atoms with van der Waals surface area (Å²) in [7, 11) is 1.26. The number of aromatic nitrogens is 1. The predicted molar refractivity (Wildman–Crippen MR) is 109 cm³/mol. The van der Waals surface area contributed by atoms with Gasteiger partial charge in [0.05, 0.1) is 36.1 Å². The number of carbonyl (C=O) groups is 1. The van der Waals surface area contributed by atoms with Crippen LogP contribution in [0, 0.1) is 12.8 Å². The van der Waals surface area contributed by atoms with Crippen LogP contribution in [0.2, 0.25) is 0 Å². The summed E-state index contributed by atoms with van der Waals surface area (Å²) in [5, 5.41) is 0.548. The lowest BCUT2D eigenvalue weighted by atomic mass is 9.96. The minimum Gasteiger partial charge on any atom is -0.493 e. The van der Waals surface area contributed by atoms with Crippen molar-refractivity contribution in [2.24, 2.45) is 5.92 Å². The van der Waals surface area contributed by atoms with Crippen molar-refractivity contribution >= 4 is 16.9 Å². The van der Waals surface area contributed by atoms with Crippen LogP contribution in [0.25, 0.3) is 22.2 Å². The normalized spacial score (nSPS) is 11.7. The van der Waals surface area contributed by atoms with Gasteiger partial charge in [-0.2, -0.15) is 13.2 Å². The summed E-state index contributed by atoms with van der Waals surface area (Å²) < 4.78 is 50.2. The highest BCUT2D eigenvalue weighted by Gasteiger charge is 2.31. The van der Waals surface area contributed by atoms with Gasteiger partial charge in [0, 0.05) is 17.0 Å². The molecule has 158 valence electrons. The number of hydrogen-bond acceptors (Lipinski definition) is 4. The van der Waals surface area contributed by atoms with Gasteiger partial charge in [-0.1, -0.05) is 26.0 Å². The first kappa shape index (κ1) is 21.6. The van der Waals surface area contributed by atoms with Crippen molar-refractivity contribution in [1.82, 2.24) is 4.98 Å². The van der Waals surface area contributed by atoms with Gasteiger partial charge in [0.2, 0.25) is 0 Å². The van der Waals surface area contributed by atoms with Gasteiger partial charge in [-0.05, 0) is 42.7 Å². The number of hydrogen-bond donors (Lipinski definition) is 0. The summed E-state index contributed by atoms with van der Waals surface area (Å²) in [6.45, 7) is 6.19. The zero-order valence-electron chi connectivity index (χ0n) is 17.1. The van der Waals surface area contributed by atoms with E-state index in [0.29, 0.717) is 34.7 Å². The molecule has 30 heavy (non-hydrogen) atoms. The van der Waals surface area contributed by atoms with Crippen molar-refractivity contribution < 1.29 is 27.4 Å². The maximum absolute atomic E-state index is 13.2. The van der Waals surface area contributed by atoms with Crippen LogP contribution in [0.5, 0.6) is 5.75 Å². The fourth-order valence-corrected chi connectivity index (χ4v) is 3.18. The maximum atomic E-state index is 13.2. The molecule has 0 unspecified atom stereocenters. The number of pyridine rings is 1. The third-order valence-electron chi connectivity index (χ3n) is 4.64. The van der Waals surface area contributed by atoms with E-state index in [9.17, 15) is 18.0 Å². The first-order valence-electron chi connectivity index (χ1n) is 9.45. The summed E-state index contributed by atoms with van der Waals surface area (Å²) in [6, 6.07) is 10.0. The average molecular weight is 417 g/mol. The van der Waals surface area contributed by atoms with Gasteiger partial charge in [0.1, 0.15) is 5.75 Å². The smallest absolute Gasteiger partial charge is 0.416 e. The molecule has 0 fully saturated rings. The van der Waals surface area contributed by atoms with Crippen molar-refractivity contribution in [1.29, 1.82) is 0 Å². The molecule has 1 aromatic heterocycles. The van der Waals surface area contributed by atoms with Crippen LogP contribution in [-0.4, -0.2) is 24.7 Å². The van der Waals surface area contributed by atoms with Gasteiger partial charge in [0.15, 0.2) is 0 Å². The number of ether oxygens (including phenoxy) is 2. The van der Waals surface area contributed by atoms with E-state index >= 15 is 0 Å². The molecule has 3 aromatic rings. The Hall–Kier alpha value is -3.09. The summed E-state index contributed by atoms with van der Waals surface area (Å²) in [6.07, 6.45) is -4.48. The van der Waals surface area contributed by atoms with E-state index in [4.69, 9.17) is 9.47 Å². The number of benzene rings is 2. The minimum atomic E-state index is -4.48. The molecule has 3 rings (SSSR count). The van der Waals surface area contributed by atoms with Crippen LogP contribution in [0.4, 0.5) is 13.2 Å². The number of carbonyl (C=O) groups excluding carboxylic acids is 1. The summed E-state index contributed by atoms with van der Waals surface area (Å²) in [5.41, 5.74) is 0.928. The summed E-state index contributed by atoms with van der Waals surface area (Å²) in [4.78, 5) is 17.1. The molecule has 0 amide bonds. The molecule has 0 saturated heterocycles. The molecule has 0 aliphatic carbocycles. The number of nitrogens with zero attached hydrogens (tertiary/aromatic N) is 1. The Morgan fingerprint density at radius 3 is 2.50 bits per heavy atom. The largest absolute Gasteiger partial charge is 0.493 e. The monoisotopic (exact) mass is 417 g/mol. The van der Waals surface area contributed by atoms with E-state index in [0.717, 1.165) is 12.1 Å². The highest BCUT2D eigenvalue weighted by Crippen LogP contribution is 2.35. The van der Waals surface area contributed by atoms with Gasteiger partial charge >= 0.3 is 12.1 Å². The maximum Gasteiger partial charge on any atom is 0.416 e. The van der Waals surface area contributed by atoms with Crippen LogP contribution >= 0.6 is 0 Å². The van der Waals surface area contributed by atoms with E-state index in [1.165, 1.54) is 19.2 Å². The molecular formula is C23H22F3NO3. The molecule has 0 saturated carbocycles. The lowest BCUT2D eigenvalue weighted by Gasteiger charge is -2.16. The quantitative estimate of drug-likeness (QED) is 0.474. The van der Waals surface area contributed by atoms with Crippen molar-refractivity contribution in [2.45, 2.75) is 26.9 Å². The number of methoxy groups -OCH3 is 1. The molecule has 0 aliphatic rings. The Kier molecular flexibility index (Phi) is 6.01. The molecule has 0 aliphatic heterocycles. The Balaban J connectivity index is 2.23. The first-order chi connectivity index (χ1) is 14.1. The third kappa shape index (κ3) is 4.40. The van der Waals surface area contributed by atoms with Gasteiger partial charge in [-0.3, -0.25) is 0 Å². The topological polar surface area (TPSA) is 48.4 Å². The molecular weight excluding hydrogens is 395 g/mol. The second kappa shape index (κ2) is 8.34. The standard InChI is InChI=1S/C23H22F3NO3/c1-13(2)12-30-17-8-9-18-19(11-17)27-21(14(3)20(18)22(28)29-4)15-6-5-7-16(10-15)23(24,25)26/h5-11,13H,12H2,1-4H3. The second-order valence-electron chi connectivity index (χ2n) is 7.41. The Morgan fingerprint density at radius 2 is 1.87 bits per heavy atom. The second-order valence-corrected chi connectivity index (χ2v) is 7.41. The SMILES string of the molecule is COC(=O)c1c(C)c(-c2cccc(C(F)(F)F)c2)nc2cc(OCC(C)C)ccc12. The fourth-order valence-electron chi connectivity index (χ4n) is 3.18. The molecule has 2 aromatic carbocycles. The average Bonchev–Trinajstić information content (AvgIpc) is 2.70. The van der Waals surface area contributed by atoms with Crippen LogP contribution in [0.1, 0.15) is 35.3 Å². The van der Waals surface area contributed by atoms with E-state index in [2.05, 4.69) is 4.98 Å². The van der Waals surface area contributed by atoms with Gasteiger partial charge < -0.3 is 9.47 Å². The van der Waals surface area contributed by atoms with E-state index in [1.54, 1.807) is 25.1 Å². The van der Waals surface area contributed by atoms with Crippen LogP contribution < -0.4 is 4.74 Å². The highest BCUT2D eigenvalue weighted by atomic mass is 19.4. The van der Waals surface area contributed by atoms with E-state index in [-0.39, 0.29) is 16.8 Å². The Morgan fingerprint density at radius 1 is 1.13 bits per heavy atom. The predicted octanol–water partition coefficient (Wildman–Crippen LogP) is 6.05. The van der Waals surface area contributed by atoms with E-state index in [1.807, 2.05) is 13.8 Å². The summed E-state index contributed by atoms with van der Waals surface area (Å²) >= 11 is 0. The van der Waals surface area contributed by atoms with Crippen molar-refractivity contribution in [3.8, 4) is 17.0 Å². The lowest BCUT2D eigenvalue weighted by molar-refractivity contribution is -0.137. The number of fused-ring (bicyclic) bond motifs is 1. The third-order valence-corrected chi connectivity index (χ3v) is 4.64. The Labute approximate surface area is 172 Å². The van der Waals surface area contributed by atoms with Gasteiger partial charge in [-0.25, -0.2) is 9.78 Å². The minimum absolute atomic E-state index is 0.267. The van der Waals surface area contributed by atoms with Gasteiger partial charge in [0.25, 0.3) is 0 Å². The molecule has 0 spiro atoms. The van der Waals surface area contributed by atoms with E-state index < -0.39 is 17.7 Å². The molecule has 0 N–H and O–H groups in total. The fraction of sp³-hybridized carbons (Fsp3) is 0.304. The molecule has 0 atom stereocenters. The van der Waals surface area contributed by atoms with Crippen molar-refractivity contribution in [3.63, 3.8) is 0 Å². The molecule has 4 nitrogen and oxygen atoms in total. The van der Waals surface area contributed by atoms with Crippen LogP contribution in [0.15, 0.2) is 42.5 Å².